The molecule has 6 nitrogen and oxygen atoms in total. The highest BCUT2D eigenvalue weighted by molar-refractivity contribution is 7.13. The summed E-state index contributed by atoms with van der Waals surface area (Å²) in [6.07, 6.45) is 0.959. The van der Waals surface area contributed by atoms with E-state index in [0.29, 0.717) is 16.7 Å². The van der Waals surface area contributed by atoms with Crippen LogP contribution in [0.1, 0.15) is 40.6 Å². The highest BCUT2D eigenvalue weighted by Gasteiger charge is 2.14. The Bertz CT molecular complexity index is 459. The summed E-state index contributed by atoms with van der Waals surface area (Å²) in [6.45, 7) is 6.22. The Hall–Kier alpha value is -1.47. The molecule has 0 saturated carbocycles. The average Bonchev–Trinajstić information content (AvgIpc) is 2.74. The fourth-order valence-electron chi connectivity index (χ4n) is 1.37. The summed E-state index contributed by atoms with van der Waals surface area (Å²) in [5.74, 6) is -1.10. The van der Waals surface area contributed by atoms with Gasteiger partial charge in [-0.3, -0.25) is 4.79 Å². The van der Waals surface area contributed by atoms with Crippen molar-refractivity contribution in [3.05, 3.63) is 15.6 Å². The van der Waals surface area contributed by atoms with E-state index >= 15 is 0 Å². The number of aromatic nitrogens is 1. The van der Waals surface area contributed by atoms with Gasteiger partial charge < -0.3 is 15.7 Å². The van der Waals surface area contributed by atoms with Gasteiger partial charge in [0.05, 0.1) is 18.8 Å². The van der Waals surface area contributed by atoms with Gasteiger partial charge in [-0.1, -0.05) is 6.92 Å². The predicted molar refractivity (Wildman–Crippen MR) is 73.4 cm³/mol. The summed E-state index contributed by atoms with van der Waals surface area (Å²) in [5, 5.41) is 15.3. The van der Waals surface area contributed by atoms with E-state index in [2.05, 4.69) is 15.6 Å². The maximum atomic E-state index is 11.5. The van der Waals surface area contributed by atoms with Crippen LogP contribution in [0.2, 0.25) is 0 Å². The zero-order valence-electron chi connectivity index (χ0n) is 11.3. The molecule has 1 aromatic heterocycles. The Morgan fingerprint density at radius 1 is 1.47 bits per heavy atom. The van der Waals surface area contributed by atoms with Gasteiger partial charge in [-0.15, -0.1) is 11.3 Å². The first kappa shape index (κ1) is 15.6. The molecular weight excluding hydrogens is 266 g/mol. The van der Waals surface area contributed by atoms with Crippen LogP contribution in [0, 0.1) is 6.92 Å². The Labute approximate surface area is 116 Å². The second-order valence-corrected chi connectivity index (χ2v) is 5.38. The standard InChI is InChI=1S/C12H19N3O3S/c1-4-7(2)13-5-9(16)14-6-10-15-8(3)11(19-10)12(17)18/h7,13H,4-6H2,1-3H3,(H,14,16)(H,17,18). The molecule has 19 heavy (non-hydrogen) atoms. The summed E-state index contributed by atoms with van der Waals surface area (Å²) in [6, 6.07) is 0.298. The van der Waals surface area contributed by atoms with Gasteiger partial charge in [0.2, 0.25) is 5.91 Å². The first-order valence-corrected chi connectivity index (χ1v) is 6.95. The summed E-state index contributed by atoms with van der Waals surface area (Å²) in [4.78, 5) is 26.7. The summed E-state index contributed by atoms with van der Waals surface area (Å²) < 4.78 is 0. The molecule has 1 atom stereocenters. The molecule has 0 aromatic carbocycles. The van der Waals surface area contributed by atoms with Gasteiger partial charge in [-0.25, -0.2) is 9.78 Å². The number of aromatic carboxylic acids is 1. The molecular formula is C12H19N3O3S. The van der Waals surface area contributed by atoms with Gasteiger partial charge in [0.25, 0.3) is 0 Å². The van der Waals surface area contributed by atoms with Gasteiger partial charge >= 0.3 is 5.97 Å². The first-order valence-electron chi connectivity index (χ1n) is 6.13. The molecule has 7 heteroatoms. The van der Waals surface area contributed by atoms with Crippen molar-refractivity contribution in [2.75, 3.05) is 6.54 Å². The number of amides is 1. The van der Waals surface area contributed by atoms with Gasteiger partial charge in [0.15, 0.2) is 0 Å². The van der Waals surface area contributed by atoms with E-state index in [-0.39, 0.29) is 23.9 Å². The lowest BCUT2D eigenvalue weighted by Gasteiger charge is -2.10. The topological polar surface area (TPSA) is 91.3 Å². The van der Waals surface area contributed by atoms with Crippen molar-refractivity contribution in [3.63, 3.8) is 0 Å². The van der Waals surface area contributed by atoms with Crippen LogP contribution >= 0.6 is 11.3 Å². The van der Waals surface area contributed by atoms with Gasteiger partial charge in [-0.05, 0) is 20.3 Å². The molecule has 0 aliphatic rings. The highest BCUT2D eigenvalue weighted by atomic mass is 32.1. The molecule has 0 fully saturated rings. The number of rotatable bonds is 7. The van der Waals surface area contributed by atoms with Crippen LogP contribution in [0.5, 0.6) is 0 Å². The largest absolute Gasteiger partial charge is 0.477 e. The molecule has 1 amide bonds. The summed E-state index contributed by atoms with van der Waals surface area (Å²) in [7, 11) is 0. The van der Waals surface area contributed by atoms with Crippen molar-refractivity contribution in [1.82, 2.24) is 15.6 Å². The molecule has 1 unspecified atom stereocenters. The SMILES string of the molecule is CCC(C)NCC(=O)NCc1nc(C)c(C(=O)O)s1. The Balaban J connectivity index is 2.42. The minimum atomic E-state index is -0.981. The third kappa shape index (κ3) is 4.96. The minimum Gasteiger partial charge on any atom is -0.477 e. The van der Waals surface area contributed by atoms with Crippen LogP contribution in [-0.2, 0) is 11.3 Å². The van der Waals surface area contributed by atoms with E-state index in [1.54, 1.807) is 6.92 Å². The van der Waals surface area contributed by atoms with Crippen LogP contribution in [0.15, 0.2) is 0 Å². The normalized spacial score (nSPS) is 12.2. The van der Waals surface area contributed by atoms with E-state index < -0.39 is 5.97 Å². The molecule has 1 aromatic rings. The van der Waals surface area contributed by atoms with Crippen molar-refractivity contribution in [2.24, 2.45) is 0 Å². The fraction of sp³-hybridized carbons (Fsp3) is 0.583. The van der Waals surface area contributed by atoms with Crippen molar-refractivity contribution in [1.29, 1.82) is 0 Å². The molecule has 0 spiro atoms. The van der Waals surface area contributed by atoms with Crippen LogP contribution in [0.3, 0.4) is 0 Å². The number of aryl methyl sites for hydroxylation is 1. The molecule has 1 heterocycles. The number of nitrogens with zero attached hydrogens (tertiary/aromatic N) is 1. The molecule has 106 valence electrons. The zero-order valence-corrected chi connectivity index (χ0v) is 12.1. The van der Waals surface area contributed by atoms with E-state index in [0.717, 1.165) is 17.8 Å². The van der Waals surface area contributed by atoms with E-state index in [1.165, 1.54) is 0 Å². The average molecular weight is 285 g/mol. The minimum absolute atomic E-state index is 0.120. The van der Waals surface area contributed by atoms with Gasteiger partial charge in [-0.2, -0.15) is 0 Å². The maximum absolute atomic E-state index is 11.5. The lowest BCUT2D eigenvalue weighted by atomic mass is 10.2. The number of hydrogen-bond donors (Lipinski definition) is 3. The third-order valence-electron chi connectivity index (χ3n) is 2.70. The van der Waals surface area contributed by atoms with Crippen LogP contribution in [0.25, 0.3) is 0 Å². The molecule has 3 N–H and O–H groups in total. The Morgan fingerprint density at radius 2 is 2.16 bits per heavy atom. The lowest BCUT2D eigenvalue weighted by Crippen LogP contribution is -2.37. The molecule has 0 aliphatic carbocycles. The number of nitrogens with one attached hydrogen (secondary N) is 2. The van der Waals surface area contributed by atoms with E-state index in [9.17, 15) is 9.59 Å². The van der Waals surface area contributed by atoms with Crippen molar-refractivity contribution < 1.29 is 14.7 Å². The Morgan fingerprint density at radius 3 is 2.68 bits per heavy atom. The molecule has 0 radical (unpaired) electrons. The first-order chi connectivity index (χ1) is 8.93. The van der Waals surface area contributed by atoms with Gasteiger partial charge in [0.1, 0.15) is 9.88 Å². The number of thiazole rings is 1. The van der Waals surface area contributed by atoms with E-state index in [1.807, 2.05) is 13.8 Å². The van der Waals surface area contributed by atoms with Crippen molar-refractivity contribution >= 4 is 23.2 Å². The van der Waals surface area contributed by atoms with Crippen LogP contribution in [0.4, 0.5) is 0 Å². The number of carbonyl (C=O) groups is 2. The third-order valence-corrected chi connectivity index (χ3v) is 3.84. The van der Waals surface area contributed by atoms with Gasteiger partial charge in [0, 0.05) is 6.04 Å². The van der Waals surface area contributed by atoms with Crippen LogP contribution < -0.4 is 10.6 Å². The Kier molecular flexibility index (Phi) is 5.91. The van der Waals surface area contributed by atoms with E-state index in [4.69, 9.17) is 5.11 Å². The molecule has 0 saturated heterocycles. The summed E-state index contributed by atoms with van der Waals surface area (Å²) >= 11 is 1.09. The number of carboxylic acids is 1. The molecule has 0 aliphatic heterocycles. The second-order valence-electron chi connectivity index (χ2n) is 4.29. The highest BCUT2D eigenvalue weighted by Crippen LogP contribution is 2.17. The monoisotopic (exact) mass is 285 g/mol. The zero-order chi connectivity index (χ0) is 14.4. The molecule has 1 rings (SSSR count). The number of hydrogen-bond acceptors (Lipinski definition) is 5. The fourth-order valence-corrected chi connectivity index (χ4v) is 2.22. The lowest BCUT2D eigenvalue weighted by molar-refractivity contribution is -0.120. The molecule has 0 bridgehead atoms. The second kappa shape index (κ2) is 7.20. The smallest absolute Gasteiger partial charge is 0.347 e. The quantitative estimate of drug-likeness (QED) is 0.699. The predicted octanol–water partition coefficient (Wildman–Crippen LogP) is 1.15. The number of carboxylic acid groups (broad SMARTS) is 1. The number of carbonyl (C=O) groups excluding carboxylic acids is 1. The van der Waals surface area contributed by atoms with Crippen molar-refractivity contribution in [2.45, 2.75) is 39.8 Å². The van der Waals surface area contributed by atoms with Crippen molar-refractivity contribution in [3.8, 4) is 0 Å². The summed E-state index contributed by atoms with van der Waals surface area (Å²) in [5.41, 5.74) is 0.486. The van der Waals surface area contributed by atoms with Crippen LogP contribution in [-0.4, -0.2) is 34.6 Å². The maximum Gasteiger partial charge on any atom is 0.347 e.